The molecule has 2 N–H and O–H groups in total. The van der Waals surface area contributed by atoms with Crippen molar-refractivity contribution < 1.29 is 9.53 Å². The first-order valence-corrected chi connectivity index (χ1v) is 7.62. The van der Waals surface area contributed by atoms with Gasteiger partial charge in [-0.05, 0) is 49.2 Å². The number of anilines is 2. The highest BCUT2D eigenvalue weighted by molar-refractivity contribution is 5.99. The topological polar surface area (TPSA) is 74.2 Å². The van der Waals surface area contributed by atoms with Crippen LogP contribution in [0, 0.1) is 11.3 Å². The summed E-state index contributed by atoms with van der Waals surface area (Å²) in [6, 6.07) is 16.7. The molecule has 0 unspecified atom stereocenters. The summed E-state index contributed by atoms with van der Waals surface area (Å²) in [5.74, 6) is 0. The Labute approximate surface area is 142 Å². The molecular formula is C19H21N3O2. The van der Waals surface area contributed by atoms with Gasteiger partial charge in [-0.1, -0.05) is 24.3 Å². The molecule has 2 aromatic carbocycles. The molecule has 2 amide bonds. The van der Waals surface area contributed by atoms with Gasteiger partial charge in [0.2, 0.25) is 0 Å². The zero-order chi connectivity index (χ0) is 17.6. The van der Waals surface area contributed by atoms with Gasteiger partial charge in [0.1, 0.15) is 0 Å². The predicted molar refractivity (Wildman–Crippen MR) is 94.9 cm³/mol. The molecule has 0 spiro atoms. The Hall–Kier alpha value is -2.84. The Morgan fingerprint density at radius 1 is 1.12 bits per heavy atom. The van der Waals surface area contributed by atoms with E-state index >= 15 is 0 Å². The molecule has 5 nitrogen and oxygen atoms in total. The van der Waals surface area contributed by atoms with Gasteiger partial charge in [-0.2, -0.15) is 5.26 Å². The minimum absolute atomic E-state index is 0.322. The number of carbonyl (C=O) groups is 1. The number of hydrogen-bond donors (Lipinski definition) is 2. The monoisotopic (exact) mass is 323 g/mol. The lowest BCUT2D eigenvalue weighted by atomic mass is 9.86. The Bertz CT molecular complexity index is 746. The Balaban J connectivity index is 2.00. The van der Waals surface area contributed by atoms with E-state index in [4.69, 9.17) is 10.00 Å². The molecule has 0 aliphatic rings. The molecule has 0 fully saturated rings. The molecule has 2 aromatic rings. The maximum absolute atomic E-state index is 12.1. The van der Waals surface area contributed by atoms with Gasteiger partial charge in [-0.3, -0.25) is 0 Å². The van der Waals surface area contributed by atoms with Crippen molar-refractivity contribution in [3.05, 3.63) is 59.7 Å². The summed E-state index contributed by atoms with van der Waals surface area (Å²) in [6.07, 6.45) is 0. The molecule has 124 valence electrons. The average Bonchev–Trinajstić information content (AvgIpc) is 2.56. The highest BCUT2D eigenvalue weighted by Crippen LogP contribution is 2.23. The van der Waals surface area contributed by atoms with Crippen LogP contribution >= 0.6 is 0 Å². The summed E-state index contributed by atoms with van der Waals surface area (Å²) in [6.45, 7) is 4.21. The Kier molecular flexibility index (Phi) is 5.56. The van der Waals surface area contributed by atoms with Gasteiger partial charge in [-0.25, -0.2) is 4.79 Å². The maximum atomic E-state index is 12.1. The molecule has 0 bridgehead atoms. The number of nitrogens with zero attached hydrogens (tertiary/aromatic N) is 1. The first kappa shape index (κ1) is 17.5. The van der Waals surface area contributed by atoms with Crippen molar-refractivity contribution in [3.8, 4) is 6.07 Å². The van der Waals surface area contributed by atoms with Gasteiger partial charge < -0.3 is 15.4 Å². The van der Waals surface area contributed by atoms with Crippen molar-refractivity contribution in [3.63, 3.8) is 0 Å². The zero-order valence-electron chi connectivity index (χ0n) is 14.1. The summed E-state index contributed by atoms with van der Waals surface area (Å²) < 4.78 is 5.08. The fraction of sp³-hybridized carbons (Fsp3) is 0.263. The smallest absolute Gasteiger partial charge is 0.323 e. The van der Waals surface area contributed by atoms with Gasteiger partial charge >= 0.3 is 6.03 Å². The summed E-state index contributed by atoms with van der Waals surface area (Å²) in [7, 11) is 1.63. The molecule has 0 aromatic heterocycles. The molecule has 0 atom stereocenters. The van der Waals surface area contributed by atoms with E-state index in [0.717, 1.165) is 11.1 Å². The number of carbonyl (C=O) groups excluding carboxylic acids is 1. The van der Waals surface area contributed by atoms with E-state index in [1.54, 1.807) is 19.2 Å². The summed E-state index contributed by atoms with van der Waals surface area (Å²) >= 11 is 0. The van der Waals surface area contributed by atoms with Crippen LogP contribution in [0.5, 0.6) is 0 Å². The highest BCUT2D eigenvalue weighted by atomic mass is 16.5. The predicted octanol–water partition coefficient (Wildman–Crippen LogP) is 4.28. The highest BCUT2D eigenvalue weighted by Gasteiger charge is 2.19. The second kappa shape index (κ2) is 7.62. The SMILES string of the molecule is COCc1cccc(NC(=O)Nc2ccc(C(C)(C)C#N)cc2)c1. The standard InChI is InChI=1S/C19H21N3O2/c1-19(2,13-20)15-7-9-16(10-8-15)21-18(23)22-17-6-4-5-14(11-17)12-24-3/h4-11H,12H2,1-3H3,(H2,21,22,23). The van der Waals surface area contributed by atoms with Crippen LogP contribution < -0.4 is 10.6 Å². The molecule has 0 radical (unpaired) electrons. The van der Waals surface area contributed by atoms with Crippen molar-refractivity contribution in [1.82, 2.24) is 0 Å². The van der Waals surface area contributed by atoms with Crippen LogP contribution in [0.25, 0.3) is 0 Å². The quantitative estimate of drug-likeness (QED) is 0.862. The van der Waals surface area contributed by atoms with Crippen molar-refractivity contribution in [1.29, 1.82) is 5.26 Å². The Morgan fingerprint density at radius 2 is 1.79 bits per heavy atom. The second-order valence-corrected chi connectivity index (χ2v) is 6.03. The van der Waals surface area contributed by atoms with Gasteiger partial charge in [-0.15, -0.1) is 0 Å². The second-order valence-electron chi connectivity index (χ2n) is 6.03. The first-order valence-electron chi connectivity index (χ1n) is 7.62. The van der Waals surface area contributed by atoms with E-state index in [9.17, 15) is 4.79 Å². The van der Waals surface area contributed by atoms with Gasteiger partial charge in [0.25, 0.3) is 0 Å². The largest absolute Gasteiger partial charge is 0.380 e. The minimum atomic E-state index is -0.553. The van der Waals surface area contributed by atoms with Crippen LogP contribution in [-0.4, -0.2) is 13.1 Å². The first-order chi connectivity index (χ1) is 11.4. The third-order valence-corrected chi connectivity index (χ3v) is 3.64. The van der Waals surface area contributed by atoms with Crippen LogP contribution in [0.2, 0.25) is 0 Å². The van der Waals surface area contributed by atoms with E-state index in [2.05, 4.69) is 16.7 Å². The summed E-state index contributed by atoms with van der Waals surface area (Å²) in [5.41, 5.74) is 2.70. The molecule has 0 saturated heterocycles. The number of hydrogen-bond acceptors (Lipinski definition) is 3. The minimum Gasteiger partial charge on any atom is -0.380 e. The lowest BCUT2D eigenvalue weighted by Gasteiger charge is -2.16. The molecule has 5 heteroatoms. The number of urea groups is 1. The van der Waals surface area contributed by atoms with E-state index in [0.29, 0.717) is 18.0 Å². The van der Waals surface area contributed by atoms with Crippen molar-refractivity contribution in [2.75, 3.05) is 17.7 Å². The van der Waals surface area contributed by atoms with E-state index in [1.807, 2.05) is 50.2 Å². The van der Waals surface area contributed by atoms with Crippen LogP contribution in [0.3, 0.4) is 0 Å². The zero-order valence-corrected chi connectivity index (χ0v) is 14.1. The molecule has 2 rings (SSSR count). The van der Waals surface area contributed by atoms with E-state index < -0.39 is 5.41 Å². The van der Waals surface area contributed by atoms with Crippen molar-refractivity contribution in [2.45, 2.75) is 25.9 Å². The van der Waals surface area contributed by atoms with Crippen LogP contribution in [-0.2, 0) is 16.8 Å². The molecule has 0 saturated carbocycles. The lowest BCUT2D eigenvalue weighted by molar-refractivity contribution is 0.185. The van der Waals surface area contributed by atoms with Crippen LogP contribution in [0.4, 0.5) is 16.2 Å². The molecular weight excluding hydrogens is 302 g/mol. The van der Waals surface area contributed by atoms with Crippen molar-refractivity contribution in [2.24, 2.45) is 0 Å². The third-order valence-electron chi connectivity index (χ3n) is 3.64. The van der Waals surface area contributed by atoms with Gasteiger partial charge in [0.15, 0.2) is 0 Å². The lowest BCUT2D eigenvalue weighted by Crippen LogP contribution is -2.20. The van der Waals surface area contributed by atoms with Crippen molar-refractivity contribution >= 4 is 17.4 Å². The number of rotatable bonds is 5. The molecule has 0 aliphatic carbocycles. The third kappa shape index (κ3) is 4.58. The van der Waals surface area contributed by atoms with Crippen LogP contribution in [0.1, 0.15) is 25.0 Å². The fourth-order valence-corrected chi connectivity index (χ4v) is 2.23. The average molecular weight is 323 g/mol. The number of ether oxygens (including phenoxy) is 1. The number of methoxy groups -OCH3 is 1. The number of nitriles is 1. The molecule has 0 heterocycles. The van der Waals surface area contributed by atoms with E-state index in [-0.39, 0.29) is 6.03 Å². The number of amides is 2. The number of nitrogens with one attached hydrogen (secondary N) is 2. The summed E-state index contributed by atoms with van der Waals surface area (Å²) in [4.78, 5) is 12.1. The summed E-state index contributed by atoms with van der Waals surface area (Å²) in [5, 5.41) is 14.7. The van der Waals surface area contributed by atoms with Gasteiger partial charge in [0.05, 0.1) is 18.1 Å². The molecule has 0 aliphatic heterocycles. The number of benzene rings is 2. The maximum Gasteiger partial charge on any atom is 0.323 e. The van der Waals surface area contributed by atoms with E-state index in [1.165, 1.54) is 0 Å². The molecule has 24 heavy (non-hydrogen) atoms. The normalized spacial score (nSPS) is 10.8. The van der Waals surface area contributed by atoms with Gasteiger partial charge in [0, 0.05) is 18.5 Å². The fourth-order valence-electron chi connectivity index (χ4n) is 2.23. The Morgan fingerprint density at radius 3 is 2.42 bits per heavy atom. The van der Waals surface area contributed by atoms with Crippen LogP contribution in [0.15, 0.2) is 48.5 Å².